The van der Waals surface area contributed by atoms with Crippen molar-refractivity contribution in [2.75, 3.05) is 19.6 Å². The molecule has 1 aliphatic rings. The highest BCUT2D eigenvalue weighted by molar-refractivity contribution is 5.34. The van der Waals surface area contributed by atoms with Crippen molar-refractivity contribution in [2.24, 2.45) is 5.92 Å². The summed E-state index contributed by atoms with van der Waals surface area (Å²) in [6.45, 7) is 3.91. The highest BCUT2D eigenvalue weighted by Gasteiger charge is 2.30. The van der Waals surface area contributed by atoms with E-state index in [9.17, 15) is 23.3 Å². The number of rotatable bonds is 7. The number of benzene rings is 2. The number of non-ortho nitro benzene ring substituents is 1. The number of piperidine rings is 1. The third kappa shape index (κ3) is 6.27. The van der Waals surface area contributed by atoms with Crippen LogP contribution in [0.1, 0.15) is 29.5 Å². The molecule has 2 aromatic carbocycles. The Labute approximate surface area is 167 Å². The average molecular weight is 407 g/mol. The number of likely N-dealkylation sites (tertiary alicyclic amines) is 1. The standard InChI is InChI=1S/C21H24F3N3O2/c22-21(23,24)19-6-4-17(5-7-19)15-26-10-8-16(9-11-26)13-25-14-18-2-1-3-20(12-18)27(28)29/h1-7,12,16,25H,8-11,13-15H2. The molecular weight excluding hydrogens is 383 g/mol. The summed E-state index contributed by atoms with van der Waals surface area (Å²) in [5, 5.41) is 14.2. The lowest BCUT2D eigenvalue weighted by molar-refractivity contribution is -0.384. The molecular formula is C21H24F3N3O2. The quantitative estimate of drug-likeness (QED) is 0.538. The van der Waals surface area contributed by atoms with E-state index < -0.39 is 16.7 Å². The van der Waals surface area contributed by atoms with E-state index in [2.05, 4.69) is 10.2 Å². The molecule has 0 radical (unpaired) electrons. The van der Waals surface area contributed by atoms with Gasteiger partial charge in [0.2, 0.25) is 0 Å². The number of nitro groups is 1. The van der Waals surface area contributed by atoms with E-state index in [1.54, 1.807) is 24.3 Å². The Balaban J connectivity index is 1.39. The largest absolute Gasteiger partial charge is 0.416 e. The summed E-state index contributed by atoms with van der Waals surface area (Å²) in [5.41, 5.74) is 1.26. The van der Waals surface area contributed by atoms with Crippen molar-refractivity contribution in [1.29, 1.82) is 0 Å². The summed E-state index contributed by atoms with van der Waals surface area (Å²) in [4.78, 5) is 12.7. The summed E-state index contributed by atoms with van der Waals surface area (Å²) >= 11 is 0. The van der Waals surface area contributed by atoms with Gasteiger partial charge in [-0.25, -0.2) is 0 Å². The number of nitrogens with zero attached hydrogens (tertiary/aromatic N) is 2. The lowest BCUT2D eigenvalue weighted by atomic mass is 9.96. The molecule has 3 rings (SSSR count). The first-order chi connectivity index (χ1) is 13.8. The van der Waals surface area contributed by atoms with Crippen molar-refractivity contribution < 1.29 is 18.1 Å². The molecule has 1 fully saturated rings. The minimum atomic E-state index is -4.30. The SMILES string of the molecule is O=[N+]([O-])c1cccc(CNCC2CCN(Cc3ccc(C(F)(F)F)cc3)CC2)c1. The molecule has 1 aliphatic heterocycles. The number of hydrogen-bond acceptors (Lipinski definition) is 4. The fourth-order valence-electron chi connectivity index (χ4n) is 3.61. The van der Waals surface area contributed by atoms with Gasteiger partial charge in [-0.1, -0.05) is 24.3 Å². The topological polar surface area (TPSA) is 58.4 Å². The monoisotopic (exact) mass is 407 g/mol. The number of alkyl halides is 3. The van der Waals surface area contributed by atoms with Gasteiger partial charge in [0.25, 0.3) is 5.69 Å². The van der Waals surface area contributed by atoms with Crippen molar-refractivity contribution in [3.63, 3.8) is 0 Å². The van der Waals surface area contributed by atoms with Gasteiger partial charge < -0.3 is 5.32 Å². The molecule has 0 amide bonds. The molecule has 29 heavy (non-hydrogen) atoms. The maximum Gasteiger partial charge on any atom is 0.416 e. The highest BCUT2D eigenvalue weighted by atomic mass is 19.4. The second kappa shape index (κ2) is 9.37. The molecule has 156 valence electrons. The van der Waals surface area contributed by atoms with Gasteiger partial charge in [0.15, 0.2) is 0 Å². The fraction of sp³-hybridized carbons (Fsp3) is 0.429. The van der Waals surface area contributed by atoms with Crippen molar-refractivity contribution in [3.8, 4) is 0 Å². The zero-order valence-electron chi connectivity index (χ0n) is 16.0. The predicted octanol–water partition coefficient (Wildman–Crippen LogP) is 4.62. The first kappa shape index (κ1) is 21.3. The molecule has 0 aliphatic carbocycles. The van der Waals surface area contributed by atoms with Gasteiger partial charge in [-0.3, -0.25) is 15.0 Å². The highest BCUT2D eigenvalue weighted by Crippen LogP contribution is 2.29. The van der Waals surface area contributed by atoms with E-state index in [4.69, 9.17) is 0 Å². The Hall–Kier alpha value is -2.45. The number of hydrogen-bond donors (Lipinski definition) is 1. The molecule has 1 heterocycles. The molecule has 2 aromatic rings. The van der Waals surface area contributed by atoms with Crippen molar-refractivity contribution >= 4 is 5.69 Å². The van der Waals surface area contributed by atoms with Gasteiger partial charge in [-0.15, -0.1) is 0 Å². The van der Waals surface area contributed by atoms with Crippen LogP contribution < -0.4 is 5.32 Å². The normalized spacial score (nSPS) is 16.1. The number of nitrogens with one attached hydrogen (secondary N) is 1. The lowest BCUT2D eigenvalue weighted by Gasteiger charge is -2.32. The van der Waals surface area contributed by atoms with Crippen molar-refractivity contribution in [1.82, 2.24) is 10.2 Å². The van der Waals surface area contributed by atoms with Crippen LogP contribution in [0.3, 0.4) is 0 Å². The summed E-state index contributed by atoms with van der Waals surface area (Å²) in [5.74, 6) is 0.526. The van der Waals surface area contributed by atoms with Gasteiger partial charge in [0, 0.05) is 25.2 Å². The first-order valence-electron chi connectivity index (χ1n) is 9.64. The first-order valence-corrected chi connectivity index (χ1v) is 9.64. The molecule has 0 spiro atoms. The van der Waals surface area contributed by atoms with Crippen molar-refractivity contribution in [2.45, 2.75) is 32.1 Å². The van der Waals surface area contributed by atoms with Crippen LogP contribution in [0.4, 0.5) is 18.9 Å². The van der Waals surface area contributed by atoms with Gasteiger partial charge in [0.05, 0.1) is 10.5 Å². The van der Waals surface area contributed by atoms with Crippen molar-refractivity contribution in [3.05, 3.63) is 75.3 Å². The minimum Gasteiger partial charge on any atom is -0.312 e. The molecule has 0 bridgehead atoms. The van der Waals surface area contributed by atoms with Crippen LogP contribution in [0.5, 0.6) is 0 Å². The van der Waals surface area contributed by atoms with Gasteiger partial charge in [0.1, 0.15) is 0 Å². The molecule has 1 saturated heterocycles. The molecule has 0 saturated carbocycles. The zero-order valence-corrected chi connectivity index (χ0v) is 16.0. The zero-order chi connectivity index (χ0) is 20.9. The number of halogens is 3. The van der Waals surface area contributed by atoms with Crippen LogP contribution >= 0.6 is 0 Å². The minimum absolute atomic E-state index is 0.0980. The second-order valence-electron chi connectivity index (χ2n) is 7.47. The summed E-state index contributed by atoms with van der Waals surface area (Å²) in [6.07, 6.45) is -2.26. The summed E-state index contributed by atoms with van der Waals surface area (Å²) in [6, 6.07) is 12.0. The summed E-state index contributed by atoms with van der Waals surface area (Å²) in [7, 11) is 0. The lowest BCUT2D eigenvalue weighted by Crippen LogP contribution is -2.36. The smallest absolute Gasteiger partial charge is 0.312 e. The Kier molecular flexibility index (Phi) is 6.87. The van der Waals surface area contributed by atoms with Crippen LogP contribution in [-0.4, -0.2) is 29.5 Å². The Morgan fingerprint density at radius 2 is 1.76 bits per heavy atom. The van der Waals surface area contributed by atoms with Crippen LogP contribution in [0.25, 0.3) is 0 Å². The van der Waals surface area contributed by atoms with Gasteiger partial charge >= 0.3 is 6.18 Å². The van der Waals surface area contributed by atoms with E-state index in [0.717, 1.165) is 55.7 Å². The van der Waals surface area contributed by atoms with Crippen LogP contribution in [0.2, 0.25) is 0 Å². The molecule has 0 unspecified atom stereocenters. The third-order valence-electron chi connectivity index (χ3n) is 5.28. The number of nitro benzene ring substituents is 1. The fourth-order valence-corrected chi connectivity index (χ4v) is 3.61. The molecule has 5 nitrogen and oxygen atoms in total. The Morgan fingerprint density at radius 1 is 1.07 bits per heavy atom. The Morgan fingerprint density at radius 3 is 2.38 bits per heavy atom. The molecule has 1 N–H and O–H groups in total. The predicted molar refractivity (Wildman–Crippen MR) is 104 cm³/mol. The molecule has 0 atom stereocenters. The van der Waals surface area contributed by atoms with Crippen LogP contribution in [0.15, 0.2) is 48.5 Å². The van der Waals surface area contributed by atoms with E-state index in [1.807, 2.05) is 6.07 Å². The van der Waals surface area contributed by atoms with Gasteiger partial charge in [-0.2, -0.15) is 13.2 Å². The summed E-state index contributed by atoms with van der Waals surface area (Å²) < 4.78 is 37.9. The van der Waals surface area contributed by atoms with Crippen LogP contribution in [-0.2, 0) is 19.3 Å². The molecule has 0 aromatic heterocycles. The van der Waals surface area contributed by atoms with Crippen LogP contribution in [0, 0.1) is 16.0 Å². The Bertz CT molecular complexity index is 817. The van der Waals surface area contributed by atoms with E-state index >= 15 is 0 Å². The maximum atomic E-state index is 12.6. The average Bonchev–Trinajstić information content (AvgIpc) is 2.69. The van der Waals surface area contributed by atoms with E-state index in [0.29, 0.717) is 19.0 Å². The maximum absolute atomic E-state index is 12.6. The van der Waals surface area contributed by atoms with E-state index in [-0.39, 0.29) is 5.69 Å². The molecule has 8 heteroatoms. The van der Waals surface area contributed by atoms with E-state index in [1.165, 1.54) is 6.07 Å². The second-order valence-corrected chi connectivity index (χ2v) is 7.47. The van der Waals surface area contributed by atoms with Gasteiger partial charge in [-0.05, 0) is 61.7 Å². The third-order valence-corrected chi connectivity index (χ3v) is 5.28.